The average Bonchev–Trinajstić information content (AvgIpc) is 2.25. The van der Waals surface area contributed by atoms with Gasteiger partial charge in [0.05, 0.1) is 6.10 Å². The molecule has 0 aromatic heterocycles. The minimum Gasteiger partial charge on any atom is -0.389 e. The number of hydrogen-bond acceptors (Lipinski definition) is 1. The number of rotatable bonds is 1. The first kappa shape index (κ1) is 8.69. The molecule has 2 aromatic rings. The fraction of sp³-hybridized carbons (Fsp3) is 0.143. The lowest BCUT2D eigenvalue weighted by atomic mass is 9.98. The van der Waals surface area contributed by atoms with Crippen LogP contribution in [0.1, 0.15) is 18.6 Å². The first-order chi connectivity index (χ1) is 7.27. The Morgan fingerprint density at radius 3 is 2.13 bits per heavy atom. The van der Waals surface area contributed by atoms with Crippen molar-refractivity contribution in [2.75, 3.05) is 0 Å². The standard InChI is InChI=1S/C14H12O/c1-9(15)10-6-7-13-11-4-2-3-5-12(11)14(13)8-10/h2-9,15H,1H3. The van der Waals surface area contributed by atoms with E-state index in [0.717, 1.165) is 5.56 Å². The van der Waals surface area contributed by atoms with E-state index in [-0.39, 0.29) is 6.10 Å². The number of benzene rings is 2. The van der Waals surface area contributed by atoms with Gasteiger partial charge in [0.1, 0.15) is 0 Å². The summed E-state index contributed by atoms with van der Waals surface area (Å²) >= 11 is 0. The van der Waals surface area contributed by atoms with E-state index >= 15 is 0 Å². The van der Waals surface area contributed by atoms with Crippen molar-refractivity contribution >= 4 is 0 Å². The Bertz CT molecular complexity index is 699. The van der Waals surface area contributed by atoms with E-state index in [2.05, 4.69) is 36.4 Å². The van der Waals surface area contributed by atoms with E-state index in [1.165, 1.54) is 20.9 Å². The minimum atomic E-state index is -0.386. The van der Waals surface area contributed by atoms with E-state index < -0.39 is 0 Å². The Kier molecular flexibility index (Phi) is 1.70. The largest absolute Gasteiger partial charge is 0.389 e. The van der Waals surface area contributed by atoms with Crippen molar-refractivity contribution in [1.29, 1.82) is 0 Å². The van der Waals surface area contributed by atoms with Gasteiger partial charge in [0.2, 0.25) is 0 Å². The highest BCUT2D eigenvalue weighted by atomic mass is 16.3. The number of fused-ring (bicyclic) bond motifs is 2. The second-order valence-electron chi connectivity index (χ2n) is 4.03. The van der Waals surface area contributed by atoms with Crippen LogP contribution in [0.2, 0.25) is 0 Å². The van der Waals surface area contributed by atoms with Gasteiger partial charge in [0, 0.05) is 0 Å². The molecular weight excluding hydrogens is 184 g/mol. The summed E-state index contributed by atoms with van der Waals surface area (Å²) in [5.74, 6) is 0. The highest BCUT2D eigenvalue weighted by molar-refractivity contribution is 5.32. The van der Waals surface area contributed by atoms with Crippen LogP contribution >= 0.6 is 0 Å². The second-order valence-corrected chi connectivity index (χ2v) is 4.03. The zero-order valence-electron chi connectivity index (χ0n) is 8.57. The third kappa shape index (κ3) is 1.13. The smallest absolute Gasteiger partial charge is 0.0762 e. The van der Waals surface area contributed by atoms with Crippen LogP contribution in [0.4, 0.5) is 0 Å². The molecule has 1 atom stereocenters. The van der Waals surface area contributed by atoms with Gasteiger partial charge in [-0.2, -0.15) is 0 Å². The molecule has 0 radical (unpaired) electrons. The maximum atomic E-state index is 9.51. The molecule has 1 aliphatic carbocycles. The minimum absolute atomic E-state index is 0.386. The Hall–Kier alpha value is -1.60. The summed E-state index contributed by atoms with van der Waals surface area (Å²) in [6, 6.07) is 14.6. The van der Waals surface area contributed by atoms with E-state index in [1.54, 1.807) is 6.92 Å². The normalized spacial score (nSPS) is 13.7. The van der Waals surface area contributed by atoms with E-state index in [0.29, 0.717) is 0 Å². The molecule has 1 N–H and O–H groups in total. The van der Waals surface area contributed by atoms with Crippen LogP contribution in [0, 0.1) is 20.9 Å². The van der Waals surface area contributed by atoms with Gasteiger partial charge in [0.25, 0.3) is 0 Å². The fourth-order valence-corrected chi connectivity index (χ4v) is 2.17. The van der Waals surface area contributed by atoms with Crippen molar-refractivity contribution in [1.82, 2.24) is 0 Å². The molecule has 2 aromatic carbocycles. The zero-order chi connectivity index (χ0) is 10.4. The Labute approximate surface area is 87.6 Å². The second kappa shape index (κ2) is 2.94. The third-order valence-corrected chi connectivity index (χ3v) is 3.03. The number of aliphatic hydroxyl groups is 1. The maximum Gasteiger partial charge on any atom is 0.0762 e. The maximum absolute atomic E-state index is 9.51. The summed E-state index contributed by atoms with van der Waals surface area (Å²) in [5.41, 5.74) is 0.989. The molecule has 0 saturated heterocycles. The van der Waals surface area contributed by atoms with Gasteiger partial charge in [-0.1, -0.05) is 36.4 Å². The fourth-order valence-electron chi connectivity index (χ4n) is 2.17. The van der Waals surface area contributed by atoms with Crippen LogP contribution in [-0.4, -0.2) is 5.11 Å². The lowest BCUT2D eigenvalue weighted by Crippen LogP contribution is -1.96. The SMILES string of the molecule is CC(O)c1ccc2c(c1)=c1ccccc1=2. The summed E-state index contributed by atoms with van der Waals surface area (Å²) in [7, 11) is 0. The molecule has 0 spiro atoms. The van der Waals surface area contributed by atoms with Gasteiger partial charge >= 0.3 is 0 Å². The predicted octanol–water partition coefficient (Wildman–Crippen LogP) is 2.63. The molecule has 1 unspecified atom stereocenters. The molecule has 1 nitrogen and oxygen atoms in total. The van der Waals surface area contributed by atoms with Crippen molar-refractivity contribution < 1.29 is 5.11 Å². The molecule has 1 aliphatic rings. The van der Waals surface area contributed by atoms with Crippen LogP contribution in [0.5, 0.6) is 0 Å². The highest BCUT2D eigenvalue weighted by Gasteiger charge is 2.05. The van der Waals surface area contributed by atoms with Crippen molar-refractivity contribution in [2.45, 2.75) is 13.0 Å². The highest BCUT2D eigenvalue weighted by Crippen LogP contribution is 2.18. The van der Waals surface area contributed by atoms with E-state index in [9.17, 15) is 5.11 Å². The molecule has 74 valence electrons. The molecule has 15 heavy (non-hydrogen) atoms. The van der Waals surface area contributed by atoms with Crippen LogP contribution < -0.4 is 0 Å². The summed E-state index contributed by atoms with van der Waals surface area (Å²) in [4.78, 5) is 0. The van der Waals surface area contributed by atoms with Crippen molar-refractivity contribution in [2.24, 2.45) is 0 Å². The quantitative estimate of drug-likeness (QED) is 0.634. The molecule has 0 saturated carbocycles. The Morgan fingerprint density at radius 1 is 0.867 bits per heavy atom. The Morgan fingerprint density at radius 2 is 1.47 bits per heavy atom. The van der Waals surface area contributed by atoms with Gasteiger partial charge in [-0.05, 0) is 39.4 Å². The number of hydrogen-bond donors (Lipinski definition) is 1. The lowest BCUT2D eigenvalue weighted by molar-refractivity contribution is 0.199. The Balaban J connectivity index is 2.41. The molecular formula is C14H12O. The zero-order valence-corrected chi connectivity index (χ0v) is 8.57. The van der Waals surface area contributed by atoms with Gasteiger partial charge < -0.3 is 5.11 Å². The summed E-state index contributed by atoms with van der Waals surface area (Å²) in [6.45, 7) is 1.80. The molecule has 1 heteroatoms. The first-order valence-corrected chi connectivity index (χ1v) is 5.19. The summed E-state index contributed by atoms with van der Waals surface area (Å²) in [5, 5.41) is 14.7. The van der Waals surface area contributed by atoms with Gasteiger partial charge in [-0.15, -0.1) is 0 Å². The van der Waals surface area contributed by atoms with Gasteiger partial charge in [-0.25, -0.2) is 0 Å². The van der Waals surface area contributed by atoms with Crippen LogP contribution in [-0.2, 0) is 0 Å². The molecule has 0 fully saturated rings. The topological polar surface area (TPSA) is 20.2 Å². The van der Waals surface area contributed by atoms with Crippen LogP contribution in [0.15, 0.2) is 42.5 Å². The monoisotopic (exact) mass is 196 g/mol. The van der Waals surface area contributed by atoms with E-state index in [4.69, 9.17) is 0 Å². The first-order valence-electron chi connectivity index (χ1n) is 5.19. The average molecular weight is 196 g/mol. The van der Waals surface area contributed by atoms with Gasteiger partial charge in [0.15, 0.2) is 0 Å². The lowest BCUT2D eigenvalue weighted by Gasteiger charge is -2.08. The van der Waals surface area contributed by atoms with Crippen molar-refractivity contribution in [3.05, 3.63) is 68.9 Å². The number of aliphatic hydroxyl groups excluding tert-OH is 1. The van der Waals surface area contributed by atoms with Crippen molar-refractivity contribution in [3.63, 3.8) is 0 Å². The van der Waals surface area contributed by atoms with Gasteiger partial charge in [-0.3, -0.25) is 0 Å². The predicted molar refractivity (Wildman–Crippen MR) is 58.9 cm³/mol. The molecule has 0 amide bonds. The van der Waals surface area contributed by atoms with Crippen LogP contribution in [0.25, 0.3) is 0 Å². The third-order valence-electron chi connectivity index (χ3n) is 3.03. The van der Waals surface area contributed by atoms with Crippen LogP contribution in [0.3, 0.4) is 0 Å². The summed E-state index contributed by atoms with van der Waals surface area (Å²) in [6.07, 6.45) is -0.386. The molecule has 0 heterocycles. The molecule has 0 bridgehead atoms. The van der Waals surface area contributed by atoms with E-state index in [1.807, 2.05) is 6.07 Å². The van der Waals surface area contributed by atoms with Crippen molar-refractivity contribution in [3.8, 4) is 0 Å². The molecule has 0 aliphatic heterocycles. The molecule has 3 rings (SSSR count). The summed E-state index contributed by atoms with van der Waals surface area (Å²) < 4.78 is 0.